The van der Waals surface area contributed by atoms with Crippen LogP contribution >= 0.6 is 12.4 Å². The van der Waals surface area contributed by atoms with Gasteiger partial charge in [-0.05, 0) is 31.5 Å². The fourth-order valence-corrected chi connectivity index (χ4v) is 1.97. The van der Waals surface area contributed by atoms with Gasteiger partial charge in [0.2, 0.25) is 5.91 Å². The Morgan fingerprint density at radius 1 is 1.38 bits per heavy atom. The van der Waals surface area contributed by atoms with E-state index in [-0.39, 0.29) is 36.9 Å². The lowest BCUT2D eigenvalue weighted by atomic mass is 10.0. The largest absolute Gasteiger partial charge is 0.491 e. The van der Waals surface area contributed by atoms with Crippen LogP contribution in [0.15, 0.2) is 24.3 Å². The van der Waals surface area contributed by atoms with Gasteiger partial charge in [0.25, 0.3) is 0 Å². The summed E-state index contributed by atoms with van der Waals surface area (Å²) in [5.41, 5.74) is 0.771. The van der Waals surface area contributed by atoms with Gasteiger partial charge in [0.1, 0.15) is 5.75 Å². The van der Waals surface area contributed by atoms with Crippen LogP contribution in [-0.4, -0.2) is 36.8 Å². The fraction of sp³-hybridized carbons (Fsp3) is 0.533. The van der Waals surface area contributed by atoms with E-state index in [1.165, 1.54) is 0 Å². The second-order valence-electron chi connectivity index (χ2n) is 5.35. The summed E-state index contributed by atoms with van der Waals surface area (Å²) in [5, 5.41) is 15.9. The van der Waals surface area contributed by atoms with Crippen molar-refractivity contribution in [3.8, 4) is 5.75 Å². The highest BCUT2D eigenvalue weighted by atomic mass is 35.5. The highest BCUT2D eigenvalue weighted by Gasteiger charge is 2.24. The summed E-state index contributed by atoms with van der Waals surface area (Å²) in [5.74, 6) is 0.826. The Morgan fingerprint density at radius 3 is 2.48 bits per heavy atom. The van der Waals surface area contributed by atoms with E-state index in [1.807, 2.05) is 38.1 Å². The summed E-state index contributed by atoms with van der Waals surface area (Å²) in [6.45, 7) is 5.62. The monoisotopic (exact) mass is 314 g/mol. The Morgan fingerprint density at radius 2 is 2.00 bits per heavy atom. The molecule has 6 heteroatoms. The first-order chi connectivity index (χ1) is 9.56. The molecule has 1 saturated heterocycles. The van der Waals surface area contributed by atoms with Crippen molar-refractivity contribution in [1.29, 1.82) is 0 Å². The van der Waals surface area contributed by atoms with Crippen LogP contribution in [0.25, 0.3) is 0 Å². The highest BCUT2D eigenvalue weighted by Crippen LogP contribution is 2.18. The Bertz CT molecular complexity index is 447. The number of ether oxygens (including phenoxy) is 1. The molecule has 0 saturated carbocycles. The second kappa shape index (κ2) is 8.22. The zero-order chi connectivity index (χ0) is 14.5. The van der Waals surface area contributed by atoms with E-state index in [4.69, 9.17) is 4.74 Å². The highest BCUT2D eigenvalue weighted by molar-refractivity contribution is 5.85. The lowest BCUT2D eigenvalue weighted by Gasteiger charge is -2.26. The van der Waals surface area contributed by atoms with Gasteiger partial charge in [-0.1, -0.05) is 12.1 Å². The quantitative estimate of drug-likeness (QED) is 0.739. The number of hydrogen-bond donors (Lipinski definition) is 3. The second-order valence-corrected chi connectivity index (χ2v) is 5.35. The molecule has 1 amide bonds. The van der Waals surface area contributed by atoms with Crippen molar-refractivity contribution in [2.75, 3.05) is 19.6 Å². The summed E-state index contributed by atoms with van der Waals surface area (Å²) in [4.78, 5) is 11.7. The zero-order valence-corrected chi connectivity index (χ0v) is 13.2. The molecular weight excluding hydrogens is 292 g/mol. The molecule has 1 atom stereocenters. The topological polar surface area (TPSA) is 70.6 Å². The number of rotatable bonds is 6. The first-order valence-corrected chi connectivity index (χ1v) is 6.99. The van der Waals surface area contributed by atoms with Crippen LogP contribution < -0.4 is 15.4 Å². The maximum atomic E-state index is 11.7. The molecule has 118 valence electrons. The molecule has 1 aromatic rings. The van der Waals surface area contributed by atoms with Crippen molar-refractivity contribution in [2.24, 2.45) is 5.92 Å². The van der Waals surface area contributed by atoms with Gasteiger partial charge in [-0.3, -0.25) is 4.79 Å². The van der Waals surface area contributed by atoms with Crippen molar-refractivity contribution in [3.05, 3.63) is 29.8 Å². The number of halogens is 1. The third kappa shape index (κ3) is 5.19. The van der Waals surface area contributed by atoms with Gasteiger partial charge in [-0.15, -0.1) is 12.4 Å². The molecule has 2 rings (SSSR count). The normalized spacial score (nSPS) is 15.8. The molecule has 1 aliphatic heterocycles. The van der Waals surface area contributed by atoms with Crippen LogP contribution in [0, 0.1) is 5.92 Å². The number of nitrogens with one attached hydrogen (secondary N) is 2. The van der Waals surface area contributed by atoms with Crippen molar-refractivity contribution >= 4 is 18.3 Å². The van der Waals surface area contributed by atoms with Gasteiger partial charge in [0.15, 0.2) is 0 Å². The van der Waals surface area contributed by atoms with Crippen LogP contribution in [-0.2, 0) is 4.79 Å². The van der Waals surface area contributed by atoms with Crippen LogP contribution in [0.4, 0.5) is 0 Å². The van der Waals surface area contributed by atoms with E-state index in [9.17, 15) is 9.90 Å². The fourth-order valence-electron chi connectivity index (χ4n) is 1.97. The van der Waals surface area contributed by atoms with Crippen LogP contribution in [0.5, 0.6) is 5.75 Å². The summed E-state index contributed by atoms with van der Waals surface area (Å²) in [6.07, 6.45) is -0.568. The number of carbonyl (C=O) groups excluding carboxylic acids is 1. The summed E-state index contributed by atoms with van der Waals surface area (Å²) in [7, 11) is 0. The van der Waals surface area contributed by atoms with Crippen LogP contribution in [0.1, 0.15) is 25.5 Å². The lowest BCUT2D eigenvalue weighted by molar-refractivity contribution is -0.126. The molecule has 0 bridgehead atoms. The van der Waals surface area contributed by atoms with Crippen LogP contribution in [0.3, 0.4) is 0 Å². The first-order valence-electron chi connectivity index (χ1n) is 6.99. The van der Waals surface area contributed by atoms with Gasteiger partial charge in [0, 0.05) is 19.6 Å². The van der Waals surface area contributed by atoms with E-state index in [0.29, 0.717) is 0 Å². The number of hydrogen-bond acceptors (Lipinski definition) is 4. The Balaban J connectivity index is 0.00000220. The molecule has 1 heterocycles. The predicted molar refractivity (Wildman–Crippen MR) is 83.8 cm³/mol. The van der Waals surface area contributed by atoms with Gasteiger partial charge < -0.3 is 20.5 Å². The Hall–Kier alpha value is -1.30. The molecule has 0 radical (unpaired) electrons. The smallest absolute Gasteiger partial charge is 0.225 e. The average molecular weight is 315 g/mol. The molecule has 3 N–H and O–H groups in total. The SMILES string of the molecule is CC(C)Oc1ccc(C(O)CNC(=O)C2CNC2)cc1.Cl. The zero-order valence-electron chi connectivity index (χ0n) is 12.3. The minimum Gasteiger partial charge on any atom is -0.491 e. The van der Waals surface area contributed by atoms with E-state index in [2.05, 4.69) is 10.6 Å². The molecule has 0 aromatic heterocycles. The van der Waals surface area contributed by atoms with Gasteiger partial charge in [-0.25, -0.2) is 0 Å². The van der Waals surface area contributed by atoms with Crippen molar-refractivity contribution in [2.45, 2.75) is 26.1 Å². The van der Waals surface area contributed by atoms with Gasteiger partial charge in [-0.2, -0.15) is 0 Å². The summed E-state index contributed by atoms with van der Waals surface area (Å²) >= 11 is 0. The molecule has 0 spiro atoms. The first kappa shape index (κ1) is 17.8. The van der Waals surface area contributed by atoms with E-state index >= 15 is 0 Å². The van der Waals surface area contributed by atoms with Crippen molar-refractivity contribution in [1.82, 2.24) is 10.6 Å². The molecule has 1 fully saturated rings. The lowest BCUT2D eigenvalue weighted by Crippen LogP contribution is -2.51. The summed E-state index contributed by atoms with van der Waals surface area (Å²) in [6, 6.07) is 7.30. The van der Waals surface area contributed by atoms with E-state index < -0.39 is 6.10 Å². The van der Waals surface area contributed by atoms with Crippen LogP contribution in [0.2, 0.25) is 0 Å². The molecule has 5 nitrogen and oxygen atoms in total. The average Bonchev–Trinajstić information content (AvgIpc) is 2.34. The molecular formula is C15H23ClN2O3. The van der Waals surface area contributed by atoms with E-state index in [0.717, 1.165) is 24.4 Å². The summed E-state index contributed by atoms with van der Waals surface area (Å²) < 4.78 is 5.54. The van der Waals surface area contributed by atoms with Crippen molar-refractivity contribution in [3.63, 3.8) is 0 Å². The molecule has 1 unspecified atom stereocenters. The maximum absolute atomic E-state index is 11.7. The van der Waals surface area contributed by atoms with Gasteiger partial charge in [0.05, 0.1) is 18.1 Å². The molecule has 1 aromatic carbocycles. The van der Waals surface area contributed by atoms with Crippen molar-refractivity contribution < 1.29 is 14.6 Å². The molecule has 1 aliphatic rings. The number of carbonyl (C=O) groups is 1. The van der Waals surface area contributed by atoms with Gasteiger partial charge >= 0.3 is 0 Å². The molecule has 0 aliphatic carbocycles. The maximum Gasteiger partial charge on any atom is 0.225 e. The minimum atomic E-state index is -0.694. The minimum absolute atomic E-state index is 0. The molecule has 21 heavy (non-hydrogen) atoms. The number of aliphatic hydroxyl groups is 1. The Labute approximate surface area is 131 Å². The number of aliphatic hydroxyl groups excluding tert-OH is 1. The van der Waals surface area contributed by atoms with E-state index in [1.54, 1.807) is 0 Å². The standard InChI is InChI=1S/C15H22N2O3.ClH/c1-10(2)20-13-5-3-11(4-6-13)14(18)9-17-15(19)12-7-16-8-12;/h3-6,10,12,14,16,18H,7-9H2,1-2H3,(H,17,19);1H. The number of benzene rings is 1. The third-order valence-electron chi connectivity index (χ3n) is 3.26. The predicted octanol–water partition coefficient (Wildman–Crippen LogP) is 1.26. The third-order valence-corrected chi connectivity index (χ3v) is 3.26. The Kier molecular flexibility index (Phi) is 6.95. The number of amides is 1.